The second-order valence-corrected chi connectivity index (χ2v) is 1.81. The van der Waals surface area contributed by atoms with Crippen LogP contribution in [0.2, 0.25) is 0 Å². The average molecular weight is 135 g/mol. The molecule has 0 aromatic carbocycles. The minimum Gasteiger partial charge on any atom is -0.484 e. The summed E-state index contributed by atoms with van der Waals surface area (Å²) in [6.45, 7) is 0. The van der Waals surface area contributed by atoms with Gasteiger partial charge in [-0.25, -0.2) is 4.99 Å². The summed E-state index contributed by atoms with van der Waals surface area (Å²) >= 11 is 0. The zero-order valence-corrected chi connectivity index (χ0v) is 5.87. The van der Waals surface area contributed by atoms with Crippen molar-refractivity contribution in [1.82, 2.24) is 0 Å². The van der Waals surface area contributed by atoms with Crippen molar-refractivity contribution in [3.8, 4) is 0 Å². The minimum atomic E-state index is 0.719. The summed E-state index contributed by atoms with van der Waals surface area (Å²) in [6, 6.07) is 0. The zero-order chi connectivity index (χ0) is 7.23. The Labute approximate surface area is 60.2 Å². The average Bonchev–Trinajstić information content (AvgIpc) is 1.87. The van der Waals surface area contributed by atoms with E-state index in [0.29, 0.717) is 0 Å². The van der Waals surface area contributed by atoms with Gasteiger partial charge in [-0.3, -0.25) is 0 Å². The standard InChI is InChI=1S/C8H9NO/c1-10-8-6-4-2-3-5-7-9-8/h3-5,7H,6H2,1H3/b7-5-,9-8?. The number of hydrogen-bond acceptors (Lipinski definition) is 2. The first kappa shape index (κ1) is 6.84. The predicted octanol–water partition coefficient (Wildman–Crippen LogP) is 1.66. The van der Waals surface area contributed by atoms with Gasteiger partial charge in [-0.1, -0.05) is 0 Å². The Hall–Kier alpha value is -1.27. The molecule has 2 nitrogen and oxygen atoms in total. The minimum absolute atomic E-state index is 0.719. The van der Waals surface area contributed by atoms with E-state index >= 15 is 0 Å². The molecule has 52 valence electrons. The molecule has 0 fully saturated rings. The van der Waals surface area contributed by atoms with E-state index in [1.54, 1.807) is 13.3 Å². The first-order valence-electron chi connectivity index (χ1n) is 3.10. The van der Waals surface area contributed by atoms with Crippen LogP contribution in [0.5, 0.6) is 0 Å². The summed E-state index contributed by atoms with van der Waals surface area (Å²) in [7, 11) is 1.62. The van der Waals surface area contributed by atoms with Gasteiger partial charge in [-0.05, 0) is 18.2 Å². The van der Waals surface area contributed by atoms with Crippen LogP contribution in [0, 0.1) is 0 Å². The molecular formula is C8H9NO. The van der Waals surface area contributed by atoms with Crippen LogP contribution in [0.25, 0.3) is 0 Å². The lowest BCUT2D eigenvalue weighted by atomic mass is 10.4. The summed E-state index contributed by atoms with van der Waals surface area (Å²) < 4.78 is 4.94. The lowest BCUT2D eigenvalue weighted by Gasteiger charge is -1.98. The van der Waals surface area contributed by atoms with E-state index < -0.39 is 0 Å². The fraction of sp³-hybridized carbons (Fsp3) is 0.250. The van der Waals surface area contributed by atoms with Crippen LogP contribution in [-0.4, -0.2) is 13.0 Å². The number of aliphatic imine (C=N–C) groups is 1. The second kappa shape index (κ2) is 3.70. The molecular weight excluding hydrogens is 126 g/mol. The highest BCUT2D eigenvalue weighted by molar-refractivity contribution is 5.78. The molecule has 0 radical (unpaired) electrons. The molecule has 0 N–H and O–H groups in total. The van der Waals surface area contributed by atoms with Crippen LogP contribution in [0.1, 0.15) is 6.42 Å². The molecule has 0 aromatic heterocycles. The monoisotopic (exact) mass is 135 g/mol. The molecule has 1 aliphatic rings. The van der Waals surface area contributed by atoms with Gasteiger partial charge in [0.1, 0.15) is 0 Å². The van der Waals surface area contributed by atoms with Crippen LogP contribution in [0.4, 0.5) is 0 Å². The number of methoxy groups -OCH3 is 1. The van der Waals surface area contributed by atoms with E-state index in [1.807, 2.05) is 18.2 Å². The Balaban J connectivity index is 2.71. The van der Waals surface area contributed by atoms with E-state index in [-0.39, 0.29) is 0 Å². The van der Waals surface area contributed by atoms with Crippen molar-refractivity contribution in [3.63, 3.8) is 0 Å². The van der Waals surface area contributed by atoms with Gasteiger partial charge in [-0.15, -0.1) is 5.73 Å². The third kappa shape index (κ3) is 1.92. The predicted molar refractivity (Wildman–Crippen MR) is 40.9 cm³/mol. The molecule has 10 heavy (non-hydrogen) atoms. The smallest absolute Gasteiger partial charge is 0.192 e. The van der Waals surface area contributed by atoms with Gasteiger partial charge in [0.15, 0.2) is 5.90 Å². The third-order valence-electron chi connectivity index (χ3n) is 1.13. The second-order valence-electron chi connectivity index (χ2n) is 1.81. The van der Waals surface area contributed by atoms with Gasteiger partial charge < -0.3 is 4.74 Å². The fourth-order valence-electron chi connectivity index (χ4n) is 0.628. The lowest BCUT2D eigenvalue weighted by Crippen LogP contribution is -1.97. The van der Waals surface area contributed by atoms with Crippen molar-refractivity contribution in [2.75, 3.05) is 7.11 Å². The molecule has 0 bridgehead atoms. The largest absolute Gasteiger partial charge is 0.484 e. The molecule has 2 heteroatoms. The summed E-state index contributed by atoms with van der Waals surface area (Å²) in [5.41, 5.74) is 2.95. The van der Waals surface area contributed by atoms with Gasteiger partial charge >= 0.3 is 0 Å². The van der Waals surface area contributed by atoms with Gasteiger partial charge in [0.25, 0.3) is 0 Å². The first-order chi connectivity index (χ1) is 4.93. The molecule has 0 saturated carbocycles. The Morgan fingerprint density at radius 2 is 2.60 bits per heavy atom. The number of hydrogen-bond donors (Lipinski definition) is 0. The molecule has 1 aliphatic heterocycles. The highest BCUT2D eigenvalue weighted by atomic mass is 16.5. The number of ether oxygens (including phenoxy) is 1. The Morgan fingerprint density at radius 3 is 3.40 bits per heavy atom. The van der Waals surface area contributed by atoms with Gasteiger partial charge in [-0.2, -0.15) is 0 Å². The van der Waals surface area contributed by atoms with Crippen molar-refractivity contribution in [1.29, 1.82) is 0 Å². The maximum atomic E-state index is 4.94. The van der Waals surface area contributed by atoms with Crippen LogP contribution in [-0.2, 0) is 4.74 Å². The molecule has 0 amide bonds. The van der Waals surface area contributed by atoms with E-state index in [9.17, 15) is 0 Å². The van der Waals surface area contributed by atoms with Crippen molar-refractivity contribution >= 4 is 5.90 Å². The molecule has 0 atom stereocenters. The van der Waals surface area contributed by atoms with Crippen molar-refractivity contribution < 1.29 is 4.74 Å². The maximum Gasteiger partial charge on any atom is 0.192 e. The van der Waals surface area contributed by atoms with E-state index in [2.05, 4.69) is 10.7 Å². The molecule has 1 rings (SSSR count). The fourth-order valence-corrected chi connectivity index (χ4v) is 0.628. The van der Waals surface area contributed by atoms with Crippen LogP contribution >= 0.6 is 0 Å². The molecule has 0 aromatic rings. The number of rotatable bonds is 0. The molecule has 0 spiro atoms. The van der Waals surface area contributed by atoms with Gasteiger partial charge in [0, 0.05) is 12.6 Å². The third-order valence-corrected chi connectivity index (χ3v) is 1.13. The molecule has 0 aliphatic carbocycles. The lowest BCUT2D eigenvalue weighted by molar-refractivity contribution is 0.395. The maximum absolute atomic E-state index is 4.94. The van der Waals surface area contributed by atoms with E-state index in [0.717, 1.165) is 12.3 Å². The Kier molecular flexibility index (Phi) is 2.53. The summed E-state index contributed by atoms with van der Waals surface area (Å²) in [5, 5.41) is 0. The van der Waals surface area contributed by atoms with Gasteiger partial charge in [0.2, 0.25) is 0 Å². The van der Waals surface area contributed by atoms with Gasteiger partial charge in [0.05, 0.1) is 7.11 Å². The van der Waals surface area contributed by atoms with E-state index in [4.69, 9.17) is 4.74 Å². The Bertz CT molecular complexity index is 219. The van der Waals surface area contributed by atoms with Crippen molar-refractivity contribution in [2.24, 2.45) is 4.99 Å². The van der Waals surface area contributed by atoms with Crippen molar-refractivity contribution in [2.45, 2.75) is 6.42 Å². The highest BCUT2D eigenvalue weighted by Gasteiger charge is 1.91. The Morgan fingerprint density at radius 1 is 1.70 bits per heavy atom. The zero-order valence-electron chi connectivity index (χ0n) is 5.87. The number of nitrogens with zero attached hydrogens (tertiary/aromatic N) is 1. The van der Waals surface area contributed by atoms with Crippen molar-refractivity contribution in [3.05, 3.63) is 30.2 Å². The summed E-state index contributed by atoms with van der Waals surface area (Å²) in [5.74, 6) is 0.719. The summed E-state index contributed by atoms with van der Waals surface area (Å²) in [6.07, 6.45) is 7.92. The molecule has 1 heterocycles. The number of allylic oxidation sites excluding steroid dienone is 1. The summed E-state index contributed by atoms with van der Waals surface area (Å²) in [4.78, 5) is 4.01. The topological polar surface area (TPSA) is 21.6 Å². The first-order valence-corrected chi connectivity index (χ1v) is 3.10. The highest BCUT2D eigenvalue weighted by Crippen LogP contribution is 1.93. The molecule has 0 unspecified atom stereocenters. The SMILES string of the molecule is COC1=N/C=C\C=C=CC1. The van der Waals surface area contributed by atoms with E-state index in [1.165, 1.54) is 0 Å². The van der Waals surface area contributed by atoms with Crippen LogP contribution < -0.4 is 0 Å². The normalized spacial score (nSPS) is 19.1. The van der Waals surface area contributed by atoms with Crippen LogP contribution in [0.3, 0.4) is 0 Å². The van der Waals surface area contributed by atoms with Crippen LogP contribution in [0.15, 0.2) is 35.2 Å². The molecule has 0 saturated heterocycles. The quantitative estimate of drug-likeness (QED) is 0.463.